The Balaban J connectivity index is 2.42. The number of carbonyl (C=O) groups is 1. The molecular formula is C14H27NO. The van der Waals surface area contributed by atoms with Crippen LogP contribution in [0.3, 0.4) is 0 Å². The third-order valence-corrected chi connectivity index (χ3v) is 3.68. The van der Waals surface area contributed by atoms with Crippen LogP contribution in [0.1, 0.15) is 72.1 Å². The fourth-order valence-electron chi connectivity index (χ4n) is 2.54. The number of amides is 1. The number of hydrogen-bond donors (Lipinski definition) is 1. The molecule has 1 saturated carbocycles. The van der Waals surface area contributed by atoms with Crippen LogP contribution in [0.25, 0.3) is 0 Å². The van der Waals surface area contributed by atoms with E-state index in [0.29, 0.717) is 6.04 Å². The fraction of sp³-hybridized carbons (Fsp3) is 0.929. The number of hydrogen-bond acceptors (Lipinski definition) is 1. The predicted octanol–water partition coefficient (Wildman–Crippen LogP) is 3.65. The smallest absolute Gasteiger partial charge is 0.225 e. The van der Waals surface area contributed by atoms with Crippen LogP contribution in [0.15, 0.2) is 0 Å². The number of nitrogens with one attached hydrogen (secondary N) is 1. The molecule has 0 radical (unpaired) electrons. The lowest BCUT2D eigenvalue weighted by atomic mass is 9.86. The summed E-state index contributed by atoms with van der Waals surface area (Å²) in [6.07, 6.45) is 9.63. The van der Waals surface area contributed by atoms with Crippen molar-refractivity contribution in [3.63, 3.8) is 0 Å². The zero-order valence-electron chi connectivity index (χ0n) is 11.1. The molecule has 1 amide bonds. The summed E-state index contributed by atoms with van der Waals surface area (Å²) in [6, 6.07) is 0.436. The molecule has 0 atom stereocenters. The van der Waals surface area contributed by atoms with Gasteiger partial charge >= 0.3 is 0 Å². The zero-order valence-corrected chi connectivity index (χ0v) is 11.1. The highest BCUT2D eigenvalue weighted by Crippen LogP contribution is 2.24. The maximum Gasteiger partial charge on any atom is 0.225 e. The molecule has 1 aliphatic carbocycles. The summed E-state index contributed by atoms with van der Waals surface area (Å²) in [5.41, 5.74) is -0.193. The zero-order chi connectivity index (χ0) is 12.0. The maximum atomic E-state index is 12.1. The van der Waals surface area contributed by atoms with Crippen molar-refractivity contribution in [1.82, 2.24) is 5.32 Å². The van der Waals surface area contributed by atoms with Crippen LogP contribution >= 0.6 is 0 Å². The first-order chi connectivity index (χ1) is 7.56. The van der Waals surface area contributed by atoms with Gasteiger partial charge in [0.05, 0.1) is 0 Å². The summed E-state index contributed by atoms with van der Waals surface area (Å²) in [5.74, 6) is 0.251. The Morgan fingerprint density at radius 2 is 1.75 bits per heavy atom. The fourth-order valence-corrected chi connectivity index (χ4v) is 2.54. The van der Waals surface area contributed by atoms with Crippen molar-refractivity contribution in [3.05, 3.63) is 0 Å². The van der Waals surface area contributed by atoms with Crippen molar-refractivity contribution in [1.29, 1.82) is 0 Å². The van der Waals surface area contributed by atoms with Crippen molar-refractivity contribution in [3.8, 4) is 0 Å². The van der Waals surface area contributed by atoms with E-state index in [1.165, 1.54) is 38.5 Å². The Morgan fingerprint density at radius 1 is 1.19 bits per heavy atom. The molecule has 0 heterocycles. The molecule has 0 aliphatic heterocycles. The molecule has 2 nitrogen and oxygen atoms in total. The summed E-state index contributed by atoms with van der Waals surface area (Å²) in [6.45, 7) is 6.26. The average Bonchev–Trinajstić information content (AvgIpc) is 2.46. The van der Waals surface area contributed by atoms with Gasteiger partial charge in [-0.05, 0) is 19.3 Å². The van der Waals surface area contributed by atoms with Crippen LogP contribution in [-0.4, -0.2) is 11.9 Å². The summed E-state index contributed by atoms with van der Waals surface area (Å²) >= 11 is 0. The van der Waals surface area contributed by atoms with Crippen LogP contribution in [0, 0.1) is 5.41 Å². The molecule has 0 aromatic carbocycles. The second kappa shape index (κ2) is 6.27. The largest absolute Gasteiger partial charge is 0.353 e. The van der Waals surface area contributed by atoms with Gasteiger partial charge in [0.1, 0.15) is 0 Å². The minimum atomic E-state index is -0.193. The van der Waals surface area contributed by atoms with E-state index >= 15 is 0 Å². The predicted molar refractivity (Wildman–Crippen MR) is 68.3 cm³/mol. The average molecular weight is 225 g/mol. The lowest BCUT2D eigenvalue weighted by Crippen LogP contribution is -2.42. The molecule has 0 spiro atoms. The first-order valence-electron chi connectivity index (χ1n) is 6.87. The summed E-state index contributed by atoms with van der Waals surface area (Å²) in [4.78, 5) is 12.1. The topological polar surface area (TPSA) is 29.1 Å². The monoisotopic (exact) mass is 225 g/mol. The molecule has 0 bridgehead atoms. The van der Waals surface area contributed by atoms with E-state index in [1.807, 2.05) is 0 Å². The summed E-state index contributed by atoms with van der Waals surface area (Å²) < 4.78 is 0. The molecule has 1 N–H and O–H groups in total. The minimum absolute atomic E-state index is 0.193. The lowest BCUT2D eigenvalue weighted by molar-refractivity contribution is -0.130. The molecule has 1 aliphatic rings. The van der Waals surface area contributed by atoms with E-state index in [1.54, 1.807) is 0 Å². The van der Waals surface area contributed by atoms with Gasteiger partial charge in [-0.2, -0.15) is 0 Å². The van der Waals surface area contributed by atoms with Crippen molar-refractivity contribution >= 4 is 5.91 Å². The molecule has 0 saturated heterocycles. The third-order valence-electron chi connectivity index (χ3n) is 3.68. The Bertz CT molecular complexity index is 215. The van der Waals surface area contributed by atoms with Crippen molar-refractivity contribution < 1.29 is 4.79 Å². The molecule has 0 aromatic heterocycles. The standard InChI is InChI=1S/C14H27NO/c1-4-11-14(2,3)13(16)15-12-9-7-5-6-8-10-12/h12H,4-11H2,1-3H3,(H,15,16). The van der Waals surface area contributed by atoms with Gasteiger partial charge in [0.25, 0.3) is 0 Å². The molecule has 2 heteroatoms. The lowest BCUT2D eigenvalue weighted by Gasteiger charge is -2.26. The molecule has 0 aromatic rings. The maximum absolute atomic E-state index is 12.1. The number of rotatable bonds is 4. The van der Waals surface area contributed by atoms with Crippen LogP contribution in [-0.2, 0) is 4.79 Å². The van der Waals surface area contributed by atoms with Crippen molar-refractivity contribution in [2.45, 2.75) is 78.2 Å². The van der Waals surface area contributed by atoms with E-state index in [4.69, 9.17) is 0 Å². The second-order valence-electron chi connectivity index (χ2n) is 5.80. The van der Waals surface area contributed by atoms with Crippen molar-refractivity contribution in [2.75, 3.05) is 0 Å². The van der Waals surface area contributed by atoms with Gasteiger partial charge in [-0.1, -0.05) is 52.9 Å². The van der Waals surface area contributed by atoms with Gasteiger partial charge in [-0.3, -0.25) is 4.79 Å². The first kappa shape index (κ1) is 13.5. The van der Waals surface area contributed by atoms with Crippen LogP contribution < -0.4 is 5.32 Å². The van der Waals surface area contributed by atoms with Gasteiger partial charge < -0.3 is 5.32 Å². The van der Waals surface area contributed by atoms with Gasteiger partial charge in [0.15, 0.2) is 0 Å². The van der Waals surface area contributed by atoms with Crippen LogP contribution in [0.5, 0.6) is 0 Å². The summed E-state index contributed by atoms with van der Waals surface area (Å²) in [7, 11) is 0. The molecule has 0 unspecified atom stereocenters. The molecular weight excluding hydrogens is 198 g/mol. The number of carbonyl (C=O) groups excluding carboxylic acids is 1. The van der Waals surface area contributed by atoms with E-state index in [-0.39, 0.29) is 11.3 Å². The Hall–Kier alpha value is -0.530. The Morgan fingerprint density at radius 3 is 2.25 bits per heavy atom. The summed E-state index contributed by atoms with van der Waals surface area (Å²) in [5, 5.41) is 3.24. The van der Waals surface area contributed by atoms with Gasteiger partial charge in [-0.15, -0.1) is 0 Å². The Labute approximate surface area is 100 Å². The normalized spacial score (nSPS) is 19.2. The highest BCUT2D eigenvalue weighted by Gasteiger charge is 2.28. The van der Waals surface area contributed by atoms with E-state index in [0.717, 1.165) is 12.8 Å². The van der Waals surface area contributed by atoms with Crippen LogP contribution in [0.2, 0.25) is 0 Å². The van der Waals surface area contributed by atoms with Crippen molar-refractivity contribution in [2.24, 2.45) is 5.41 Å². The molecule has 1 fully saturated rings. The second-order valence-corrected chi connectivity index (χ2v) is 5.80. The SMILES string of the molecule is CCCC(C)(C)C(=O)NC1CCCCCC1. The molecule has 94 valence electrons. The third kappa shape index (κ3) is 4.15. The minimum Gasteiger partial charge on any atom is -0.353 e. The van der Waals surface area contributed by atoms with Crippen LogP contribution in [0.4, 0.5) is 0 Å². The highest BCUT2D eigenvalue weighted by molar-refractivity contribution is 5.82. The first-order valence-corrected chi connectivity index (χ1v) is 6.87. The van der Waals surface area contributed by atoms with E-state index < -0.39 is 0 Å². The van der Waals surface area contributed by atoms with Gasteiger partial charge in [-0.25, -0.2) is 0 Å². The Kier molecular flexibility index (Phi) is 5.30. The van der Waals surface area contributed by atoms with E-state index in [9.17, 15) is 4.79 Å². The molecule has 16 heavy (non-hydrogen) atoms. The van der Waals surface area contributed by atoms with Gasteiger partial charge in [0, 0.05) is 11.5 Å². The molecule has 1 rings (SSSR count). The quantitative estimate of drug-likeness (QED) is 0.727. The van der Waals surface area contributed by atoms with Gasteiger partial charge in [0.2, 0.25) is 5.91 Å². The highest BCUT2D eigenvalue weighted by atomic mass is 16.2. The van der Waals surface area contributed by atoms with E-state index in [2.05, 4.69) is 26.1 Å².